The Morgan fingerprint density at radius 2 is 1.76 bits per heavy atom. The summed E-state index contributed by atoms with van der Waals surface area (Å²) in [4.78, 5) is 2.47. The molecule has 0 bridgehead atoms. The normalized spacial score (nSPS) is 22.2. The van der Waals surface area contributed by atoms with E-state index >= 15 is 0 Å². The van der Waals surface area contributed by atoms with E-state index in [1.807, 2.05) is 19.1 Å². The second-order valence-corrected chi connectivity index (χ2v) is 8.96. The Balaban J connectivity index is 2.35. The van der Waals surface area contributed by atoms with Gasteiger partial charge in [0.1, 0.15) is 5.84 Å². The number of sulfonamides is 1. The molecule has 0 N–H and O–H groups in total. The number of rotatable bonds is 6. The number of benzene rings is 1. The summed E-state index contributed by atoms with van der Waals surface area (Å²) in [6, 6.07) is 7.50. The first-order valence-electron chi connectivity index (χ1n) is 9.10. The Bertz CT molecular complexity index is 676. The van der Waals surface area contributed by atoms with E-state index in [1.165, 1.54) is 6.42 Å². The Labute approximate surface area is 157 Å². The Morgan fingerprint density at radius 1 is 1.16 bits per heavy atom. The summed E-state index contributed by atoms with van der Waals surface area (Å²) in [5.41, 5.74) is 1.03. The third-order valence-corrected chi connectivity index (χ3v) is 6.41. The van der Waals surface area contributed by atoms with Gasteiger partial charge in [0.05, 0.1) is 4.90 Å². The average molecular weight is 385 g/mol. The predicted octanol–water partition coefficient (Wildman–Crippen LogP) is 4.75. The molecule has 1 saturated heterocycles. The monoisotopic (exact) mass is 384 g/mol. The van der Waals surface area contributed by atoms with E-state index in [2.05, 4.69) is 23.1 Å². The van der Waals surface area contributed by atoms with E-state index in [-0.39, 0.29) is 4.90 Å². The molecule has 0 spiro atoms. The summed E-state index contributed by atoms with van der Waals surface area (Å²) >= 11 is 5.80. The number of unbranched alkanes of at least 4 members (excludes halogenated alkanes) is 1. The molecule has 2 atom stereocenters. The Morgan fingerprint density at radius 3 is 2.32 bits per heavy atom. The van der Waals surface area contributed by atoms with E-state index in [9.17, 15) is 8.42 Å². The number of halogens is 1. The number of piperidine rings is 1. The molecule has 1 fully saturated rings. The summed E-state index contributed by atoms with van der Waals surface area (Å²) in [5.74, 6) is 1.27. The van der Waals surface area contributed by atoms with Crippen LogP contribution in [0, 0.1) is 6.92 Å². The van der Waals surface area contributed by atoms with Crippen LogP contribution in [0.3, 0.4) is 0 Å². The van der Waals surface area contributed by atoms with Gasteiger partial charge in [0.2, 0.25) is 0 Å². The lowest BCUT2D eigenvalue weighted by Crippen LogP contribution is -2.47. The Kier molecular flexibility index (Phi) is 7.32. The fraction of sp³-hybridized carbons (Fsp3) is 0.632. The highest BCUT2D eigenvalue weighted by Crippen LogP contribution is 2.26. The van der Waals surface area contributed by atoms with Gasteiger partial charge in [0, 0.05) is 24.4 Å². The van der Waals surface area contributed by atoms with Crippen LogP contribution in [-0.2, 0) is 10.0 Å². The quantitative estimate of drug-likeness (QED) is 0.307. The van der Waals surface area contributed by atoms with Gasteiger partial charge >= 0.3 is 0 Å². The number of amidine groups is 1. The summed E-state index contributed by atoms with van der Waals surface area (Å²) in [7, 11) is -3.70. The van der Waals surface area contributed by atoms with Gasteiger partial charge in [-0.2, -0.15) is 8.42 Å². The van der Waals surface area contributed by atoms with Gasteiger partial charge in [-0.25, -0.2) is 0 Å². The molecule has 2 unspecified atom stereocenters. The first kappa shape index (κ1) is 20.2. The van der Waals surface area contributed by atoms with Crippen molar-refractivity contribution in [3.05, 3.63) is 29.8 Å². The number of aryl methyl sites for hydroxylation is 1. The maximum absolute atomic E-state index is 12.8. The van der Waals surface area contributed by atoms with Crippen molar-refractivity contribution in [1.82, 2.24) is 4.90 Å². The lowest BCUT2D eigenvalue weighted by atomic mass is 9.96. The predicted molar refractivity (Wildman–Crippen MR) is 105 cm³/mol. The molecule has 0 saturated carbocycles. The van der Waals surface area contributed by atoms with Crippen LogP contribution in [0.5, 0.6) is 0 Å². The standard InChI is InChI=1S/C19H29ClN2O2S/c1-15-10-12-18(13-11-15)25(23,24)21-19(9-4-5-14-20)22-16(2)7-6-8-17(22)3/h10-13,16-17H,4-9,14H2,1-3H3/b21-19-. The zero-order valence-electron chi connectivity index (χ0n) is 15.4. The van der Waals surface area contributed by atoms with Crippen LogP contribution in [0.4, 0.5) is 0 Å². The van der Waals surface area contributed by atoms with Gasteiger partial charge in [-0.05, 0) is 65.0 Å². The van der Waals surface area contributed by atoms with Gasteiger partial charge in [-0.1, -0.05) is 17.7 Å². The summed E-state index contributed by atoms with van der Waals surface area (Å²) in [6.07, 6.45) is 5.68. The molecular weight excluding hydrogens is 356 g/mol. The number of hydrogen-bond donors (Lipinski definition) is 0. The van der Waals surface area contributed by atoms with Gasteiger partial charge in [-0.15, -0.1) is 16.0 Å². The molecule has 1 aromatic rings. The smallest absolute Gasteiger partial charge is 0.283 e. The number of hydrogen-bond acceptors (Lipinski definition) is 2. The summed E-state index contributed by atoms with van der Waals surface area (Å²) < 4.78 is 29.9. The lowest BCUT2D eigenvalue weighted by Gasteiger charge is -2.41. The van der Waals surface area contributed by atoms with Crippen LogP contribution in [0.15, 0.2) is 33.6 Å². The minimum absolute atomic E-state index is 0.255. The highest BCUT2D eigenvalue weighted by atomic mass is 35.5. The number of nitrogens with zero attached hydrogens (tertiary/aromatic N) is 2. The van der Waals surface area contributed by atoms with Crippen molar-refractivity contribution in [1.29, 1.82) is 0 Å². The third kappa shape index (κ3) is 5.45. The van der Waals surface area contributed by atoms with Gasteiger partial charge < -0.3 is 4.90 Å². The maximum atomic E-state index is 12.8. The highest BCUT2D eigenvalue weighted by molar-refractivity contribution is 7.90. The second kappa shape index (κ2) is 9.04. The van der Waals surface area contributed by atoms with Gasteiger partial charge in [-0.3, -0.25) is 0 Å². The maximum Gasteiger partial charge on any atom is 0.283 e. The molecule has 1 aliphatic heterocycles. The van der Waals surface area contributed by atoms with Crippen LogP contribution < -0.4 is 0 Å². The molecule has 4 nitrogen and oxygen atoms in total. The van der Waals surface area contributed by atoms with Crippen molar-refractivity contribution in [3.63, 3.8) is 0 Å². The van der Waals surface area contributed by atoms with E-state index < -0.39 is 10.0 Å². The third-order valence-electron chi connectivity index (χ3n) is 4.82. The van der Waals surface area contributed by atoms with E-state index in [0.717, 1.165) is 31.2 Å². The molecule has 1 aliphatic rings. The topological polar surface area (TPSA) is 49.7 Å². The molecule has 0 aliphatic carbocycles. The van der Waals surface area contributed by atoms with Gasteiger partial charge in [0.25, 0.3) is 10.0 Å². The zero-order valence-corrected chi connectivity index (χ0v) is 17.0. The summed E-state index contributed by atoms with van der Waals surface area (Å²) in [5, 5.41) is 0. The number of alkyl halides is 1. The van der Waals surface area contributed by atoms with Crippen LogP contribution in [0.25, 0.3) is 0 Å². The summed E-state index contributed by atoms with van der Waals surface area (Å²) in [6.45, 7) is 6.25. The minimum atomic E-state index is -3.70. The van der Waals surface area contributed by atoms with Crippen molar-refractivity contribution in [2.45, 2.75) is 76.3 Å². The molecule has 0 amide bonds. The minimum Gasteiger partial charge on any atom is -0.354 e. The van der Waals surface area contributed by atoms with Crippen LogP contribution in [0.2, 0.25) is 0 Å². The first-order valence-corrected chi connectivity index (χ1v) is 11.1. The van der Waals surface area contributed by atoms with E-state index in [4.69, 9.17) is 11.6 Å². The number of likely N-dealkylation sites (tertiary alicyclic amines) is 1. The van der Waals surface area contributed by atoms with E-state index in [0.29, 0.717) is 30.2 Å². The molecule has 6 heteroatoms. The molecule has 2 rings (SSSR count). The molecular formula is C19H29ClN2O2S. The van der Waals surface area contributed by atoms with Crippen molar-refractivity contribution in [3.8, 4) is 0 Å². The highest BCUT2D eigenvalue weighted by Gasteiger charge is 2.29. The largest absolute Gasteiger partial charge is 0.354 e. The average Bonchev–Trinajstić information content (AvgIpc) is 2.55. The van der Waals surface area contributed by atoms with Crippen LogP contribution in [-0.4, -0.2) is 37.1 Å². The van der Waals surface area contributed by atoms with Crippen molar-refractivity contribution < 1.29 is 8.42 Å². The molecule has 0 aromatic heterocycles. The lowest BCUT2D eigenvalue weighted by molar-refractivity contribution is 0.188. The SMILES string of the molecule is Cc1ccc(S(=O)(=O)/N=C(/CCCCCl)N2C(C)CCCC2C)cc1. The fourth-order valence-corrected chi connectivity index (χ4v) is 4.67. The van der Waals surface area contributed by atoms with Crippen molar-refractivity contribution in [2.24, 2.45) is 4.40 Å². The molecule has 1 heterocycles. The van der Waals surface area contributed by atoms with Gasteiger partial charge in [0.15, 0.2) is 0 Å². The van der Waals surface area contributed by atoms with Crippen molar-refractivity contribution in [2.75, 3.05) is 5.88 Å². The molecule has 1 aromatic carbocycles. The molecule has 25 heavy (non-hydrogen) atoms. The van der Waals surface area contributed by atoms with E-state index in [1.54, 1.807) is 12.1 Å². The van der Waals surface area contributed by atoms with Crippen LogP contribution >= 0.6 is 11.6 Å². The van der Waals surface area contributed by atoms with Crippen LogP contribution in [0.1, 0.15) is 57.9 Å². The first-order chi connectivity index (χ1) is 11.8. The molecule has 0 radical (unpaired) electrons. The zero-order chi connectivity index (χ0) is 18.4. The van der Waals surface area contributed by atoms with Crippen molar-refractivity contribution >= 4 is 27.5 Å². The fourth-order valence-electron chi connectivity index (χ4n) is 3.43. The molecule has 140 valence electrons. The second-order valence-electron chi connectivity index (χ2n) is 6.98. The Hall–Kier alpha value is -1.07.